The maximum absolute atomic E-state index is 13.0. The number of hydrogen-bond donors (Lipinski definition) is 1. The standard InChI is InChI=1S/C24H21N3O4/c1-16-9-6-7-12-19(16)25-23(28)17(2)31-24(29)21-15-20(22-13-8-14-30-22)26-27(21)18-10-4-3-5-11-18/h3-15,17H,1-2H3,(H,25,28). The number of furan rings is 1. The summed E-state index contributed by atoms with van der Waals surface area (Å²) in [6.07, 6.45) is 0.533. The molecule has 7 nitrogen and oxygen atoms in total. The number of nitrogens with one attached hydrogen (secondary N) is 1. The number of aromatic nitrogens is 2. The predicted octanol–water partition coefficient (Wildman–Crippen LogP) is 4.62. The van der Waals surface area contributed by atoms with Crippen molar-refractivity contribution in [3.8, 4) is 17.1 Å². The molecule has 0 saturated heterocycles. The molecule has 0 bridgehead atoms. The predicted molar refractivity (Wildman–Crippen MR) is 116 cm³/mol. The van der Waals surface area contributed by atoms with Gasteiger partial charge in [0.15, 0.2) is 17.6 Å². The van der Waals surface area contributed by atoms with E-state index in [1.807, 2.05) is 55.5 Å². The average molecular weight is 415 g/mol. The van der Waals surface area contributed by atoms with Crippen molar-refractivity contribution in [3.05, 3.63) is 90.3 Å². The van der Waals surface area contributed by atoms with Gasteiger partial charge < -0.3 is 14.5 Å². The summed E-state index contributed by atoms with van der Waals surface area (Å²) in [6.45, 7) is 3.42. The minimum Gasteiger partial charge on any atom is -0.463 e. The number of nitrogens with zero attached hydrogens (tertiary/aromatic N) is 2. The molecule has 0 radical (unpaired) electrons. The molecule has 4 rings (SSSR count). The summed E-state index contributed by atoms with van der Waals surface area (Å²) in [7, 11) is 0. The number of carbonyl (C=O) groups is 2. The highest BCUT2D eigenvalue weighted by atomic mass is 16.5. The van der Waals surface area contributed by atoms with Crippen LogP contribution in [0, 0.1) is 6.92 Å². The topological polar surface area (TPSA) is 86.4 Å². The highest BCUT2D eigenvalue weighted by Crippen LogP contribution is 2.23. The summed E-state index contributed by atoms with van der Waals surface area (Å²) >= 11 is 0. The molecule has 4 aromatic rings. The van der Waals surface area contributed by atoms with Gasteiger partial charge in [-0.2, -0.15) is 5.10 Å². The zero-order valence-electron chi connectivity index (χ0n) is 17.1. The van der Waals surface area contributed by atoms with Crippen molar-refractivity contribution in [2.75, 3.05) is 5.32 Å². The molecule has 1 N–H and O–H groups in total. The van der Waals surface area contributed by atoms with Crippen molar-refractivity contribution in [3.63, 3.8) is 0 Å². The van der Waals surface area contributed by atoms with Gasteiger partial charge in [-0.15, -0.1) is 0 Å². The van der Waals surface area contributed by atoms with E-state index in [-0.39, 0.29) is 5.69 Å². The summed E-state index contributed by atoms with van der Waals surface area (Å²) in [4.78, 5) is 25.5. The Labute approximate surface area is 179 Å². The lowest BCUT2D eigenvalue weighted by Gasteiger charge is -2.15. The molecule has 2 aromatic carbocycles. The molecule has 1 amide bonds. The van der Waals surface area contributed by atoms with E-state index < -0.39 is 18.0 Å². The number of anilines is 1. The number of esters is 1. The summed E-state index contributed by atoms with van der Waals surface area (Å²) in [5.74, 6) is -0.560. The smallest absolute Gasteiger partial charge is 0.357 e. The molecule has 0 aliphatic rings. The van der Waals surface area contributed by atoms with Crippen molar-refractivity contribution in [2.45, 2.75) is 20.0 Å². The van der Waals surface area contributed by atoms with E-state index in [1.54, 1.807) is 24.3 Å². The second kappa shape index (κ2) is 8.71. The van der Waals surface area contributed by atoms with Gasteiger partial charge in [0.25, 0.3) is 5.91 Å². The summed E-state index contributed by atoms with van der Waals surface area (Å²) in [5, 5.41) is 7.28. The lowest BCUT2D eigenvalue weighted by atomic mass is 10.2. The van der Waals surface area contributed by atoms with Crippen LogP contribution in [0.15, 0.2) is 83.5 Å². The lowest BCUT2D eigenvalue weighted by Crippen LogP contribution is -2.30. The monoisotopic (exact) mass is 415 g/mol. The number of amides is 1. The van der Waals surface area contributed by atoms with Crippen molar-refractivity contribution in [2.24, 2.45) is 0 Å². The van der Waals surface area contributed by atoms with E-state index in [0.29, 0.717) is 22.8 Å². The van der Waals surface area contributed by atoms with Gasteiger partial charge in [-0.3, -0.25) is 4.79 Å². The quantitative estimate of drug-likeness (QED) is 0.464. The molecule has 0 aliphatic heterocycles. The first-order valence-electron chi connectivity index (χ1n) is 9.80. The van der Waals surface area contributed by atoms with Crippen LogP contribution in [0.3, 0.4) is 0 Å². The second-order valence-electron chi connectivity index (χ2n) is 6.99. The second-order valence-corrected chi connectivity index (χ2v) is 6.99. The van der Waals surface area contributed by atoms with Gasteiger partial charge in [0.2, 0.25) is 0 Å². The van der Waals surface area contributed by atoms with Gasteiger partial charge in [-0.05, 0) is 49.7 Å². The highest BCUT2D eigenvalue weighted by Gasteiger charge is 2.24. The minimum atomic E-state index is -1.00. The zero-order valence-corrected chi connectivity index (χ0v) is 17.1. The third kappa shape index (κ3) is 4.40. The van der Waals surface area contributed by atoms with Gasteiger partial charge in [-0.1, -0.05) is 36.4 Å². The summed E-state index contributed by atoms with van der Waals surface area (Å²) in [5.41, 5.74) is 2.94. The Hall–Kier alpha value is -4.13. The summed E-state index contributed by atoms with van der Waals surface area (Å²) < 4.78 is 12.3. The van der Waals surface area contributed by atoms with Crippen LogP contribution >= 0.6 is 0 Å². The van der Waals surface area contributed by atoms with Crippen LogP contribution in [0.2, 0.25) is 0 Å². The van der Waals surface area contributed by atoms with Crippen molar-refractivity contribution in [1.29, 1.82) is 0 Å². The SMILES string of the molecule is Cc1ccccc1NC(=O)C(C)OC(=O)c1cc(-c2ccco2)nn1-c1ccccc1. The Morgan fingerprint density at radius 1 is 1.03 bits per heavy atom. The van der Waals surface area contributed by atoms with E-state index in [4.69, 9.17) is 9.15 Å². The fourth-order valence-corrected chi connectivity index (χ4v) is 3.06. The van der Waals surface area contributed by atoms with Gasteiger partial charge in [-0.25, -0.2) is 9.48 Å². The molecular weight excluding hydrogens is 394 g/mol. The van der Waals surface area contributed by atoms with E-state index >= 15 is 0 Å². The molecule has 0 fully saturated rings. The molecule has 7 heteroatoms. The van der Waals surface area contributed by atoms with Crippen LogP contribution < -0.4 is 5.32 Å². The molecule has 2 aromatic heterocycles. The number of rotatable bonds is 6. The van der Waals surface area contributed by atoms with Gasteiger partial charge >= 0.3 is 5.97 Å². The summed E-state index contributed by atoms with van der Waals surface area (Å²) in [6, 6.07) is 21.7. The number of benzene rings is 2. The first-order valence-corrected chi connectivity index (χ1v) is 9.80. The van der Waals surface area contributed by atoms with E-state index in [2.05, 4.69) is 10.4 Å². The normalized spacial score (nSPS) is 11.7. The van der Waals surface area contributed by atoms with Crippen LogP contribution in [0.1, 0.15) is 23.0 Å². The van der Waals surface area contributed by atoms with Crippen molar-refractivity contribution >= 4 is 17.6 Å². The Morgan fingerprint density at radius 2 is 1.77 bits per heavy atom. The zero-order chi connectivity index (χ0) is 21.8. The fourth-order valence-electron chi connectivity index (χ4n) is 3.06. The van der Waals surface area contributed by atoms with Crippen molar-refractivity contribution < 1.29 is 18.7 Å². The molecule has 0 aliphatic carbocycles. The molecule has 0 saturated carbocycles. The molecule has 156 valence electrons. The average Bonchev–Trinajstić information content (AvgIpc) is 3.46. The number of para-hydroxylation sites is 2. The largest absolute Gasteiger partial charge is 0.463 e. The highest BCUT2D eigenvalue weighted by molar-refractivity contribution is 5.97. The van der Waals surface area contributed by atoms with E-state index in [0.717, 1.165) is 5.56 Å². The molecule has 0 spiro atoms. The van der Waals surface area contributed by atoms with Crippen LogP contribution in [-0.4, -0.2) is 27.8 Å². The minimum absolute atomic E-state index is 0.188. The van der Waals surface area contributed by atoms with Gasteiger partial charge in [0.1, 0.15) is 5.69 Å². The van der Waals surface area contributed by atoms with Crippen molar-refractivity contribution in [1.82, 2.24) is 9.78 Å². The molecule has 2 heterocycles. The molecular formula is C24H21N3O4. The van der Waals surface area contributed by atoms with Crippen LogP contribution in [0.4, 0.5) is 5.69 Å². The first-order chi connectivity index (χ1) is 15.0. The number of aryl methyl sites for hydroxylation is 1. The van der Waals surface area contributed by atoms with Crippen LogP contribution in [-0.2, 0) is 9.53 Å². The van der Waals surface area contributed by atoms with Crippen LogP contribution in [0.25, 0.3) is 17.1 Å². The lowest BCUT2D eigenvalue weighted by molar-refractivity contribution is -0.123. The third-order valence-electron chi connectivity index (χ3n) is 4.75. The van der Waals surface area contributed by atoms with Gasteiger partial charge in [0.05, 0.1) is 12.0 Å². The maximum Gasteiger partial charge on any atom is 0.357 e. The van der Waals surface area contributed by atoms with E-state index in [9.17, 15) is 9.59 Å². The number of carbonyl (C=O) groups excluding carboxylic acids is 2. The Bertz CT molecular complexity index is 1200. The molecule has 31 heavy (non-hydrogen) atoms. The van der Waals surface area contributed by atoms with Gasteiger partial charge in [0, 0.05) is 11.8 Å². The Morgan fingerprint density at radius 3 is 2.48 bits per heavy atom. The first kappa shape index (κ1) is 20.2. The van der Waals surface area contributed by atoms with Crippen LogP contribution in [0.5, 0.6) is 0 Å². The third-order valence-corrected chi connectivity index (χ3v) is 4.75. The maximum atomic E-state index is 13.0. The Balaban J connectivity index is 1.57. The Kier molecular flexibility index (Phi) is 5.66. The molecule has 1 unspecified atom stereocenters. The molecule has 1 atom stereocenters. The van der Waals surface area contributed by atoms with E-state index in [1.165, 1.54) is 17.9 Å². The number of ether oxygens (including phenoxy) is 1. The number of hydrogen-bond acceptors (Lipinski definition) is 5. The fraction of sp³-hybridized carbons (Fsp3) is 0.125.